The highest BCUT2D eigenvalue weighted by molar-refractivity contribution is 5.99. The molecule has 2 fully saturated rings. The first kappa shape index (κ1) is 31.2. The van der Waals surface area contributed by atoms with Crippen LogP contribution in [-0.2, 0) is 10.2 Å². The average Bonchev–Trinajstić information content (AvgIpc) is 3.94. The number of alkyl halides is 2. The van der Waals surface area contributed by atoms with E-state index in [0.29, 0.717) is 23.4 Å². The van der Waals surface area contributed by atoms with Crippen molar-refractivity contribution in [1.82, 2.24) is 10.3 Å². The largest absolute Gasteiger partial charge is 0.489 e. The van der Waals surface area contributed by atoms with Gasteiger partial charge in [0.05, 0.1) is 11.7 Å². The van der Waals surface area contributed by atoms with E-state index in [2.05, 4.69) is 20.0 Å². The molecule has 0 bridgehead atoms. The van der Waals surface area contributed by atoms with Crippen molar-refractivity contribution in [3.8, 4) is 22.8 Å². The maximum absolute atomic E-state index is 15.0. The number of carbonyl (C=O) groups is 2. The summed E-state index contributed by atoms with van der Waals surface area (Å²) in [4.78, 5) is 34.9. The number of ether oxygens (including phenoxy) is 2. The number of amides is 2. The predicted octanol–water partition coefficient (Wildman–Crippen LogP) is 4.99. The molecule has 3 aliphatic rings. The molecule has 0 spiro atoms. The van der Waals surface area contributed by atoms with Gasteiger partial charge in [0.25, 0.3) is 5.91 Å². The standard InChI is InChI=1S/C32H30F5N5O4/c1-32(30(39)44)13-45-28-20(32)9-24(42-27(28)18-8-22(34)23(35)10-21(18)33)19(14-2-3-14)12-41-29(43)15-6-16(11-40-17-4-5-17)26(38)25(7-15)46-31(36)37/h6-11,14,17,19,31H,2-5,12-13,38H2,1H3,(H2,39,44)(H,41,43)/t19-,32-/m0/s1. The lowest BCUT2D eigenvalue weighted by Crippen LogP contribution is -2.40. The number of primary amides is 1. The Morgan fingerprint density at radius 1 is 1.11 bits per heavy atom. The van der Waals surface area contributed by atoms with Crippen LogP contribution in [0.3, 0.4) is 0 Å². The molecule has 2 aromatic carbocycles. The number of nitrogens with one attached hydrogen (secondary N) is 1. The summed E-state index contributed by atoms with van der Waals surface area (Å²) in [5, 5.41) is 2.81. The van der Waals surface area contributed by atoms with Gasteiger partial charge in [-0.05, 0) is 62.8 Å². The number of benzene rings is 2. The number of rotatable bonds is 11. The number of nitrogens with two attached hydrogens (primary N) is 2. The molecule has 46 heavy (non-hydrogen) atoms. The number of halogens is 5. The zero-order valence-electron chi connectivity index (χ0n) is 24.6. The normalized spacial score (nSPS) is 19.6. The predicted molar refractivity (Wildman–Crippen MR) is 157 cm³/mol. The molecule has 6 rings (SSSR count). The highest BCUT2D eigenvalue weighted by Crippen LogP contribution is 2.48. The fraction of sp³-hybridized carbons (Fsp3) is 0.375. The van der Waals surface area contributed by atoms with E-state index >= 15 is 4.39 Å². The van der Waals surface area contributed by atoms with E-state index < -0.39 is 47.2 Å². The van der Waals surface area contributed by atoms with Gasteiger partial charge >= 0.3 is 6.61 Å². The molecule has 0 radical (unpaired) electrons. The minimum absolute atomic E-state index is 0.00203. The molecule has 9 nitrogen and oxygen atoms in total. The van der Waals surface area contributed by atoms with Gasteiger partial charge in [0.1, 0.15) is 35.0 Å². The molecule has 3 aromatic rings. The van der Waals surface area contributed by atoms with Crippen LogP contribution in [0.25, 0.3) is 11.3 Å². The number of hydrogen-bond donors (Lipinski definition) is 3. The molecule has 0 unspecified atom stereocenters. The Balaban J connectivity index is 1.35. The lowest BCUT2D eigenvalue weighted by molar-refractivity contribution is -0.123. The molecule has 2 atom stereocenters. The van der Waals surface area contributed by atoms with Crippen molar-refractivity contribution in [2.24, 2.45) is 16.6 Å². The zero-order valence-corrected chi connectivity index (χ0v) is 24.6. The Bertz CT molecular complexity index is 1760. The molecule has 1 aromatic heterocycles. The van der Waals surface area contributed by atoms with Crippen LogP contribution in [-0.4, -0.2) is 48.8 Å². The number of aromatic nitrogens is 1. The summed E-state index contributed by atoms with van der Waals surface area (Å²) < 4.78 is 79.7. The van der Waals surface area contributed by atoms with Crippen molar-refractivity contribution in [2.75, 3.05) is 18.9 Å². The van der Waals surface area contributed by atoms with E-state index in [1.807, 2.05) is 0 Å². The molecule has 242 valence electrons. The first-order valence-electron chi connectivity index (χ1n) is 14.7. The van der Waals surface area contributed by atoms with Gasteiger partial charge in [0, 0.05) is 52.7 Å². The zero-order chi connectivity index (χ0) is 32.9. The summed E-state index contributed by atoms with van der Waals surface area (Å²) in [6.07, 6.45) is 4.76. The van der Waals surface area contributed by atoms with E-state index in [9.17, 15) is 27.2 Å². The highest BCUT2D eigenvalue weighted by Gasteiger charge is 2.45. The van der Waals surface area contributed by atoms with Crippen molar-refractivity contribution < 1.29 is 41.0 Å². The Kier molecular flexibility index (Phi) is 8.07. The second-order valence-corrected chi connectivity index (χ2v) is 12.0. The maximum Gasteiger partial charge on any atom is 0.387 e. The van der Waals surface area contributed by atoms with Crippen LogP contribution in [0.4, 0.5) is 27.6 Å². The number of nitrogens with zero attached hydrogens (tertiary/aromatic N) is 2. The lowest BCUT2D eigenvalue weighted by atomic mass is 9.82. The van der Waals surface area contributed by atoms with Crippen LogP contribution in [0.2, 0.25) is 0 Å². The number of pyridine rings is 1. The molecular formula is C32H30F5N5O4. The molecule has 0 saturated heterocycles. The van der Waals surface area contributed by atoms with Crippen molar-refractivity contribution >= 4 is 23.7 Å². The molecule has 2 saturated carbocycles. The number of fused-ring (bicyclic) bond motifs is 1. The minimum atomic E-state index is -3.18. The lowest BCUT2D eigenvalue weighted by Gasteiger charge is -2.22. The molecule has 2 heterocycles. The second kappa shape index (κ2) is 11.9. The summed E-state index contributed by atoms with van der Waals surface area (Å²) in [6.45, 7) is -1.81. The number of nitrogen functional groups attached to an aromatic ring is 1. The molecular weight excluding hydrogens is 613 g/mol. The van der Waals surface area contributed by atoms with Crippen LogP contribution in [0.1, 0.15) is 65.7 Å². The quantitative estimate of drug-likeness (QED) is 0.116. The van der Waals surface area contributed by atoms with Gasteiger partial charge in [0.15, 0.2) is 11.6 Å². The Hall–Kier alpha value is -4.75. The van der Waals surface area contributed by atoms with Crippen molar-refractivity contribution in [3.63, 3.8) is 0 Å². The Morgan fingerprint density at radius 2 is 1.83 bits per heavy atom. The summed E-state index contributed by atoms with van der Waals surface area (Å²) in [7, 11) is 0. The summed E-state index contributed by atoms with van der Waals surface area (Å²) >= 11 is 0. The Morgan fingerprint density at radius 3 is 2.48 bits per heavy atom. The smallest absolute Gasteiger partial charge is 0.387 e. The van der Waals surface area contributed by atoms with Crippen LogP contribution >= 0.6 is 0 Å². The number of carbonyl (C=O) groups excluding carboxylic acids is 2. The SMILES string of the molecule is C[C@]1(C(N)=O)COc2c1cc([C@@H](CNC(=O)c1cc(C=NC3CC3)c(N)c(OC(F)F)c1)C1CC1)nc2-c1cc(F)c(F)cc1F. The van der Waals surface area contributed by atoms with Crippen LogP contribution in [0.15, 0.2) is 35.3 Å². The third-order valence-electron chi connectivity index (χ3n) is 8.58. The maximum atomic E-state index is 15.0. The Labute approximate surface area is 260 Å². The van der Waals surface area contributed by atoms with Gasteiger partial charge in [-0.1, -0.05) is 0 Å². The molecule has 5 N–H and O–H groups in total. The van der Waals surface area contributed by atoms with E-state index in [-0.39, 0.29) is 64.7 Å². The number of aliphatic imine (C=N–C) groups is 1. The van der Waals surface area contributed by atoms with Crippen molar-refractivity contribution in [2.45, 2.75) is 56.6 Å². The van der Waals surface area contributed by atoms with Crippen LogP contribution in [0, 0.1) is 23.4 Å². The van der Waals surface area contributed by atoms with Gasteiger partial charge in [0.2, 0.25) is 5.91 Å². The van der Waals surface area contributed by atoms with E-state index in [1.54, 1.807) is 13.0 Å². The van der Waals surface area contributed by atoms with E-state index in [4.69, 9.17) is 16.2 Å². The van der Waals surface area contributed by atoms with E-state index in [0.717, 1.165) is 31.7 Å². The van der Waals surface area contributed by atoms with Crippen molar-refractivity contribution in [1.29, 1.82) is 0 Å². The van der Waals surface area contributed by atoms with Gasteiger partial charge < -0.3 is 26.3 Å². The van der Waals surface area contributed by atoms with Crippen molar-refractivity contribution in [3.05, 3.63) is 70.2 Å². The van der Waals surface area contributed by atoms with Gasteiger partial charge in [-0.25, -0.2) is 18.2 Å². The topological polar surface area (TPSA) is 142 Å². The van der Waals surface area contributed by atoms with E-state index in [1.165, 1.54) is 12.3 Å². The monoisotopic (exact) mass is 643 g/mol. The highest BCUT2D eigenvalue weighted by atomic mass is 19.3. The van der Waals surface area contributed by atoms with Gasteiger partial charge in [-0.15, -0.1) is 0 Å². The third kappa shape index (κ3) is 6.07. The van der Waals surface area contributed by atoms with Crippen LogP contribution < -0.4 is 26.3 Å². The first-order chi connectivity index (χ1) is 21.9. The third-order valence-corrected chi connectivity index (χ3v) is 8.58. The number of hydrogen-bond acceptors (Lipinski definition) is 7. The van der Waals surface area contributed by atoms with Crippen LogP contribution in [0.5, 0.6) is 11.5 Å². The first-order valence-corrected chi connectivity index (χ1v) is 14.7. The average molecular weight is 644 g/mol. The summed E-state index contributed by atoms with van der Waals surface area (Å²) in [6, 6.07) is 5.32. The molecule has 2 amide bonds. The fourth-order valence-electron chi connectivity index (χ4n) is 5.49. The fourth-order valence-corrected chi connectivity index (χ4v) is 5.49. The summed E-state index contributed by atoms with van der Waals surface area (Å²) in [5.41, 5.74) is 10.7. The number of anilines is 1. The second-order valence-electron chi connectivity index (χ2n) is 12.0. The molecule has 1 aliphatic heterocycles. The molecule has 2 aliphatic carbocycles. The summed E-state index contributed by atoms with van der Waals surface area (Å²) in [5.74, 6) is -5.93. The minimum Gasteiger partial charge on any atom is -0.489 e. The van der Waals surface area contributed by atoms with Gasteiger partial charge in [-0.3, -0.25) is 14.6 Å². The molecule has 14 heteroatoms. The van der Waals surface area contributed by atoms with Gasteiger partial charge in [-0.2, -0.15) is 8.78 Å².